The SMILES string of the molecule is CC(C)(C(N)=O)C(=O)NCCCNc1nc(Nc2ccc(CC(=O)[C@@H]3CCC(=O)O3)cc2)ncc1Br. The maximum absolute atomic E-state index is 12.3. The standard InChI is InChI=1S/C24H29BrN6O5/c1-24(2,21(26)34)22(35)28-11-3-10-27-20-16(25)13-29-23(31-20)30-15-6-4-14(5-7-15)12-17(32)18-8-9-19(33)36-18/h4-7,13,18H,3,8-12H2,1-2H3,(H2,26,34)(H,28,35)(H2,27,29,30,31)/t18-/m0/s1. The topological polar surface area (TPSA) is 165 Å². The Bertz CT molecular complexity index is 1140. The zero-order chi connectivity index (χ0) is 26.3. The number of carbonyl (C=O) groups excluding carboxylic acids is 4. The summed E-state index contributed by atoms with van der Waals surface area (Å²) in [7, 11) is 0. The Balaban J connectivity index is 1.48. The second-order valence-electron chi connectivity index (χ2n) is 8.90. The summed E-state index contributed by atoms with van der Waals surface area (Å²) in [5, 5.41) is 9.00. The number of Topliss-reactive ketones (excluding diaryl/α,β-unsaturated/α-hetero) is 1. The van der Waals surface area contributed by atoms with Crippen LogP contribution < -0.4 is 21.7 Å². The number of aromatic nitrogens is 2. The molecular formula is C24H29BrN6O5. The fourth-order valence-corrected chi connectivity index (χ4v) is 3.61. The number of carbonyl (C=O) groups is 4. The van der Waals surface area contributed by atoms with Crippen molar-refractivity contribution in [2.24, 2.45) is 11.1 Å². The van der Waals surface area contributed by atoms with E-state index in [1.807, 2.05) is 24.3 Å². The van der Waals surface area contributed by atoms with Crippen LogP contribution in [0.3, 0.4) is 0 Å². The van der Waals surface area contributed by atoms with Crippen LogP contribution in [0.2, 0.25) is 0 Å². The smallest absolute Gasteiger partial charge is 0.306 e. The van der Waals surface area contributed by atoms with Gasteiger partial charge in [0.2, 0.25) is 17.8 Å². The Kier molecular flexibility index (Phi) is 8.97. The van der Waals surface area contributed by atoms with E-state index in [2.05, 4.69) is 41.8 Å². The summed E-state index contributed by atoms with van der Waals surface area (Å²) in [6, 6.07) is 7.28. The van der Waals surface area contributed by atoms with Crippen molar-refractivity contribution in [1.82, 2.24) is 15.3 Å². The molecule has 1 atom stereocenters. The second-order valence-corrected chi connectivity index (χ2v) is 9.75. The van der Waals surface area contributed by atoms with E-state index >= 15 is 0 Å². The van der Waals surface area contributed by atoms with Gasteiger partial charge in [-0.15, -0.1) is 0 Å². The third-order valence-corrected chi connectivity index (χ3v) is 6.27. The molecule has 0 unspecified atom stereocenters. The van der Waals surface area contributed by atoms with Crippen LogP contribution in [0.5, 0.6) is 0 Å². The lowest BCUT2D eigenvalue weighted by molar-refractivity contribution is -0.147. The van der Waals surface area contributed by atoms with Gasteiger partial charge in [-0.1, -0.05) is 12.1 Å². The molecule has 12 heteroatoms. The van der Waals surface area contributed by atoms with Gasteiger partial charge in [0.05, 0.1) is 4.47 Å². The van der Waals surface area contributed by atoms with E-state index in [1.54, 1.807) is 6.20 Å². The van der Waals surface area contributed by atoms with Crippen molar-refractivity contribution < 1.29 is 23.9 Å². The minimum absolute atomic E-state index is 0.107. The summed E-state index contributed by atoms with van der Waals surface area (Å²) in [6.07, 6.45) is 2.49. The lowest BCUT2D eigenvalue weighted by Crippen LogP contribution is -2.46. The van der Waals surface area contributed by atoms with Gasteiger partial charge in [0.15, 0.2) is 11.9 Å². The van der Waals surface area contributed by atoms with Crippen molar-refractivity contribution in [3.8, 4) is 0 Å². The first kappa shape index (κ1) is 27.1. The highest BCUT2D eigenvalue weighted by molar-refractivity contribution is 9.10. The van der Waals surface area contributed by atoms with E-state index in [4.69, 9.17) is 10.5 Å². The quantitative estimate of drug-likeness (QED) is 0.173. The van der Waals surface area contributed by atoms with E-state index in [0.29, 0.717) is 42.2 Å². The zero-order valence-corrected chi connectivity index (χ0v) is 21.7. The number of halogens is 1. The molecule has 2 aromatic rings. The van der Waals surface area contributed by atoms with Crippen LogP contribution in [-0.4, -0.2) is 52.7 Å². The number of esters is 1. The Labute approximate surface area is 217 Å². The van der Waals surface area contributed by atoms with Crippen LogP contribution in [0, 0.1) is 5.41 Å². The fraction of sp³-hybridized carbons (Fsp3) is 0.417. The number of ether oxygens (including phenoxy) is 1. The van der Waals surface area contributed by atoms with Crippen LogP contribution in [0.15, 0.2) is 34.9 Å². The van der Waals surface area contributed by atoms with Gasteiger partial charge in [0, 0.05) is 44.2 Å². The number of amides is 2. The van der Waals surface area contributed by atoms with Crippen molar-refractivity contribution in [1.29, 1.82) is 0 Å². The van der Waals surface area contributed by atoms with Crippen LogP contribution in [0.25, 0.3) is 0 Å². The Hall–Kier alpha value is -3.54. The number of nitrogens with two attached hydrogens (primary N) is 1. The van der Waals surface area contributed by atoms with Crippen LogP contribution in [0.1, 0.15) is 38.7 Å². The van der Waals surface area contributed by atoms with Crippen LogP contribution in [-0.2, 0) is 30.3 Å². The molecule has 192 valence electrons. The fourth-order valence-electron chi connectivity index (χ4n) is 3.28. The lowest BCUT2D eigenvalue weighted by atomic mass is 9.91. The van der Waals surface area contributed by atoms with Crippen molar-refractivity contribution in [2.75, 3.05) is 23.7 Å². The molecule has 2 heterocycles. The molecule has 1 aliphatic rings. The molecule has 1 fully saturated rings. The molecule has 36 heavy (non-hydrogen) atoms. The molecule has 5 N–H and O–H groups in total. The highest BCUT2D eigenvalue weighted by atomic mass is 79.9. The average molecular weight is 561 g/mol. The van der Waals surface area contributed by atoms with Crippen LogP contribution >= 0.6 is 15.9 Å². The summed E-state index contributed by atoms with van der Waals surface area (Å²) in [6.45, 7) is 3.86. The average Bonchev–Trinajstić information content (AvgIpc) is 3.28. The van der Waals surface area contributed by atoms with E-state index in [9.17, 15) is 19.2 Å². The molecule has 0 spiro atoms. The number of ketones is 1. The molecule has 1 aliphatic heterocycles. The summed E-state index contributed by atoms with van der Waals surface area (Å²) in [5.41, 5.74) is 5.55. The first-order valence-corrected chi connectivity index (χ1v) is 12.3. The summed E-state index contributed by atoms with van der Waals surface area (Å²) in [5.74, 6) is -0.579. The van der Waals surface area contributed by atoms with Crippen molar-refractivity contribution in [3.05, 3.63) is 40.5 Å². The van der Waals surface area contributed by atoms with Gasteiger partial charge in [-0.05, 0) is 53.9 Å². The van der Waals surface area contributed by atoms with Gasteiger partial charge >= 0.3 is 5.97 Å². The van der Waals surface area contributed by atoms with Crippen molar-refractivity contribution in [3.63, 3.8) is 0 Å². The number of primary amides is 1. The summed E-state index contributed by atoms with van der Waals surface area (Å²) < 4.78 is 5.70. The maximum atomic E-state index is 12.3. The summed E-state index contributed by atoms with van der Waals surface area (Å²) in [4.78, 5) is 55.6. The van der Waals surface area contributed by atoms with Crippen molar-refractivity contribution in [2.45, 2.75) is 45.6 Å². The Morgan fingerprint density at radius 1 is 1.19 bits per heavy atom. The van der Waals surface area contributed by atoms with E-state index in [1.165, 1.54) is 13.8 Å². The van der Waals surface area contributed by atoms with Gasteiger partial charge in [0.25, 0.3) is 0 Å². The second kappa shape index (κ2) is 11.9. The molecule has 1 aromatic carbocycles. The molecule has 0 aliphatic carbocycles. The number of nitrogens with one attached hydrogen (secondary N) is 3. The minimum atomic E-state index is -1.26. The van der Waals surface area contributed by atoms with Gasteiger partial charge in [-0.2, -0.15) is 4.98 Å². The van der Waals surface area contributed by atoms with Crippen molar-refractivity contribution >= 4 is 57.0 Å². The number of hydrogen-bond acceptors (Lipinski definition) is 9. The highest BCUT2D eigenvalue weighted by Gasteiger charge is 2.33. The molecule has 2 amide bonds. The normalized spacial score (nSPS) is 15.2. The third-order valence-electron chi connectivity index (χ3n) is 5.69. The zero-order valence-electron chi connectivity index (χ0n) is 20.1. The highest BCUT2D eigenvalue weighted by Crippen LogP contribution is 2.23. The lowest BCUT2D eigenvalue weighted by Gasteiger charge is -2.19. The molecular weight excluding hydrogens is 532 g/mol. The van der Waals surface area contributed by atoms with Gasteiger partial charge in [-0.25, -0.2) is 4.98 Å². The molecule has 1 saturated heterocycles. The van der Waals surface area contributed by atoms with Gasteiger partial charge in [0.1, 0.15) is 11.2 Å². The summed E-state index contributed by atoms with van der Waals surface area (Å²) >= 11 is 3.41. The van der Waals surface area contributed by atoms with Gasteiger partial charge in [-0.3, -0.25) is 19.2 Å². The number of anilines is 3. The number of benzene rings is 1. The largest absolute Gasteiger partial charge is 0.454 e. The van der Waals surface area contributed by atoms with Gasteiger partial charge < -0.3 is 26.4 Å². The minimum Gasteiger partial charge on any atom is -0.454 e. The first-order valence-electron chi connectivity index (χ1n) is 11.5. The molecule has 0 saturated carbocycles. The van der Waals surface area contributed by atoms with E-state index < -0.39 is 23.3 Å². The molecule has 1 aromatic heterocycles. The number of cyclic esters (lactones) is 1. The number of hydrogen-bond donors (Lipinski definition) is 4. The predicted octanol–water partition coefficient (Wildman–Crippen LogP) is 2.23. The third kappa shape index (κ3) is 7.23. The number of rotatable bonds is 12. The molecule has 0 radical (unpaired) electrons. The maximum Gasteiger partial charge on any atom is 0.306 e. The monoisotopic (exact) mass is 560 g/mol. The van der Waals surface area contributed by atoms with E-state index in [-0.39, 0.29) is 24.6 Å². The Morgan fingerprint density at radius 2 is 1.92 bits per heavy atom. The first-order chi connectivity index (χ1) is 17.1. The van der Waals surface area contributed by atoms with Crippen LogP contribution in [0.4, 0.5) is 17.5 Å². The predicted molar refractivity (Wildman–Crippen MR) is 136 cm³/mol. The number of nitrogens with zero attached hydrogens (tertiary/aromatic N) is 2. The Morgan fingerprint density at radius 3 is 2.56 bits per heavy atom. The van der Waals surface area contributed by atoms with E-state index in [0.717, 1.165) is 11.3 Å². The molecule has 11 nitrogen and oxygen atoms in total. The molecule has 3 rings (SSSR count). The molecule has 0 bridgehead atoms.